The summed E-state index contributed by atoms with van der Waals surface area (Å²) in [6.45, 7) is 6.20. The highest BCUT2D eigenvalue weighted by Gasteiger charge is 2.32. The number of nitrogens with one attached hydrogen (secondary N) is 1. The molecule has 23 heavy (non-hydrogen) atoms. The van der Waals surface area contributed by atoms with Crippen molar-refractivity contribution in [3.63, 3.8) is 0 Å². The summed E-state index contributed by atoms with van der Waals surface area (Å²) >= 11 is 0. The van der Waals surface area contributed by atoms with Crippen LogP contribution in [0.15, 0.2) is 30.3 Å². The van der Waals surface area contributed by atoms with Gasteiger partial charge in [0.15, 0.2) is 0 Å². The highest BCUT2D eigenvalue weighted by molar-refractivity contribution is 5.85. The minimum absolute atomic E-state index is 0.238. The molecule has 6 nitrogen and oxygen atoms in total. The smallest absolute Gasteiger partial charge is 0.408 e. The normalized spacial score (nSPS) is 18.7. The minimum atomic E-state index is -0.602. The van der Waals surface area contributed by atoms with Gasteiger partial charge in [-0.05, 0) is 39.2 Å². The number of ether oxygens (including phenoxy) is 1. The fourth-order valence-electron chi connectivity index (χ4n) is 2.29. The quantitative estimate of drug-likeness (QED) is 0.926. The van der Waals surface area contributed by atoms with Gasteiger partial charge in [-0.15, -0.1) is 0 Å². The molecule has 1 aromatic carbocycles. The van der Waals surface area contributed by atoms with Gasteiger partial charge in [0, 0.05) is 6.54 Å². The summed E-state index contributed by atoms with van der Waals surface area (Å²) in [5, 5.41) is 3.95. The van der Waals surface area contributed by atoms with Gasteiger partial charge in [0.05, 0.1) is 0 Å². The van der Waals surface area contributed by atoms with E-state index in [4.69, 9.17) is 9.57 Å². The number of hydrogen-bond acceptors (Lipinski definition) is 4. The van der Waals surface area contributed by atoms with Crippen LogP contribution in [0.25, 0.3) is 0 Å². The van der Waals surface area contributed by atoms with Gasteiger partial charge in [-0.3, -0.25) is 9.63 Å². The number of nitrogens with zero attached hydrogens (tertiary/aromatic N) is 1. The first-order valence-corrected chi connectivity index (χ1v) is 7.83. The van der Waals surface area contributed by atoms with Crippen molar-refractivity contribution < 1.29 is 19.2 Å². The molecule has 1 aliphatic rings. The van der Waals surface area contributed by atoms with Gasteiger partial charge in [0.25, 0.3) is 5.91 Å². The Morgan fingerprint density at radius 2 is 2.00 bits per heavy atom. The molecular weight excluding hydrogens is 296 g/mol. The number of carbonyl (C=O) groups is 2. The standard InChI is InChI=1S/C17H24N2O4/c1-17(2,3)23-16(21)18-14-10-7-11-19(15(14)20)22-12-13-8-5-4-6-9-13/h4-6,8-9,14H,7,10-12H2,1-3H3,(H,18,21)/t14-/m0/s1. The third-order valence-corrected chi connectivity index (χ3v) is 3.32. The van der Waals surface area contributed by atoms with Gasteiger partial charge in [0.2, 0.25) is 0 Å². The number of hydrogen-bond donors (Lipinski definition) is 1. The average molecular weight is 320 g/mol. The molecule has 0 saturated carbocycles. The minimum Gasteiger partial charge on any atom is -0.444 e. The average Bonchev–Trinajstić information content (AvgIpc) is 2.47. The lowest BCUT2D eigenvalue weighted by atomic mass is 10.1. The van der Waals surface area contributed by atoms with Crippen LogP contribution in [0.1, 0.15) is 39.2 Å². The van der Waals surface area contributed by atoms with Gasteiger partial charge in [-0.1, -0.05) is 30.3 Å². The second-order valence-electron chi connectivity index (χ2n) is 6.54. The Hall–Kier alpha value is -2.08. The van der Waals surface area contributed by atoms with Crippen LogP contribution in [0, 0.1) is 0 Å². The molecule has 6 heteroatoms. The lowest BCUT2D eigenvalue weighted by Gasteiger charge is -2.32. The number of hydroxylamine groups is 2. The van der Waals surface area contributed by atoms with Gasteiger partial charge >= 0.3 is 6.09 Å². The summed E-state index contributed by atoms with van der Waals surface area (Å²) in [4.78, 5) is 29.8. The molecule has 126 valence electrons. The van der Waals surface area contributed by atoms with E-state index >= 15 is 0 Å². The van der Waals surface area contributed by atoms with Crippen LogP contribution < -0.4 is 5.32 Å². The zero-order chi connectivity index (χ0) is 16.9. The first-order chi connectivity index (χ1) is 10.8. The lowest BCUT2D eigenvalue weighted by molar-refractivity contribution is -0.199. The molecule has 1 fully saturated rings. The fourth-order valence-corrected chi connectivity index (χ4v) is 2.29. The van der Waals surface area contributed by atoms with Crippen molar-refractivity contribution in [2.45, 2.75) is 51.9 Å². The van der Waals surface area contributed by atoms with E-state index < -0.39 is 17.7 Å². The van der Waals surface area contributed by atoms with E-state index in [0.717, 1.165) is 12.0 Å². The van der Waals surface area contributed by atoms with Gasteiger partial charge in [0.1, 0.15) is 18.2 Å². The predicted molar refractivity (Wildman–Crippen MR) is 85.3 cm³/mol. The highest BCUT2D eigenvalue weighted by atomic mass is 16.7. The van der Waals surface area contributed by atoms with Crippen LogP contribution in [-0.4, -0.2) is 35.3 Å². The van der Waals surface area contributed by atoms with Crippen LogP contribution in [0.4, 0.5) is 4.79 Å². The summed E-state index contributed by atoms with van der Waals surface area (Å²) in [5.74, 6) is -0.238. The Bertz CT molecular complexity index is 539. The van der Waals surface area contributed by atoms with E-state index in [0.29, 0.717) is 19.6 Å². The van der Waals surface area contributed by atoms with E-state index in [1.54, 1.807) is 20.8 Å². The Labute approximate surface area is 136 Å². The van der Waals surface area contributed by atoms with Gasteiger partial charge in [-0.2, -0.15) is 0 Å². The Morgan fingerprint density at radius 3 is 2.65 bits per heavy atom. The van der Waals surface area contributed by atoms with Crippen LogP contribution >= 0.6 is 0 Å². The van der Waals surface area contributed by atoms with Crippen LogP contribution in [0.2, 0.25) is 0 Å². The second-order valence-corrected chi connectivity index (χ2v) is 6.54. The summed E-state index contributed by atoms with van der Waals surface area (Å²) in [6.07, 6.45) is 0.769. The van der Waals surface area contributed by atoms with Crippen molar-refractivity contribution in [2.24, 2.45) is 0 Å². The van der Waals surface area contributed by atoms with Crippen LogP contribution in [-0.2, 0) is 21.0 Å². The van der Waals surface area contributed by atoms with E-state index in [9.17, 15) is 9.59 Å². The molecule has 1 atom stereocenters. The number of carbonyl (C=O) groups excluding carboxylic acids is 2. The summed E-state index contributed by atoms with van der Waals surface area (Å²) in [5.41, 5.74) is 0.396. The molecule has 0 radical (unpaired) electrons. The Balaban J connectivity index is 1.86. The zero-order valence-corrected chi connectivity index (χ0v) is 13.9. The van der Waals surface area contributed by atoms with E-state index in [2.05, 4.69) is 5.32 Å². The molecule has 0 spiro atoms. The molecule has 0 aromatic heterocycles. The fraction of sp³-hybridized carbons (Fsp3) is 0.529. The maximum atomic E-state index is 12.4. The number of piperidine rings is 1. The summed E-state index contributed by atoms with van der Waals surface area (Å²) in [7, 11) is 0. The van der Waals surface area contributed by atoms with E-state index in [1.165, 1.54) is 5.06 Å². The monoisotopic (exact) mass is 320 g/mol. The lowest BCUT2D eigenvalue weighted by Crippen LogP contribution is -2.52. The molecule has 1 saturated heterocycles. The van der Waals surface area contributed by atoms with E-state index in [-0.39, 0.29) is 5.91 Å². The molecule has 0 aliphatic carbocycles. The Kier molecular flexibility index (Phi) is 5.60. The Morgan fingerprint density at radius 1 is 1.30 bits per heavy atom. The topological polar surface area (TPSA) is 67.9 Å². The van der Waals surface area contributed by atoms with Crippen molar-refractivity contribution in [3.8, 4) is 0 Å². The number of alkyl carbamates (subject to hydrolysis) is 1. The number of rotatable bonds is 4. The van der Waals surface area contributed by atoms with Gasteiger partial charge in [-0.25, -0.2) is 9.86 Å². The largest absolute Gasteiger partial charge is 0.444 e. The third-order valence-electron chi connectivity index (χ3n) is 3.32. The molecule has 1 N–H and O–H groups in total. The van der Waals surface area contributed by atoms with Gasteiger partial charge < -0.3 is 10.1 Å². The first-order valence-electron chi connectivity index (χ1n) is 7.83. The molecule has 1 aromatic rings. The van der Waals surface area contributed by atoms with Crippen LogP contribution in [0.5, 0.6) is 0 Å². The SMILES string of the molecule is CC(C)(C)OC(=O)N[C@H]1CCCN(OCc2ccccc2)C1=O. The predicted octanol–water partition coefficient (Wildman–Crippen LogP) is 2.63. The molecule has 2 rings (SSSR count). The van der Waals surface area contributed by atoms with Crippen molar-refractivity contribution in [3.05, 3.63) is 35.9 Å². The number of benzene rings is 1. The zero-order valence-electron chi connectivity index (χ0n) is 13.9. The first kappa shape index (κ1) is 17.3. The van der Waals surface area contributed by atoms with Crippen molar-refractivity contribution in [1.29, 1.82) is 0 Å². The molecular formula is C17H24N2O4. The maximum absolute atomic E-state index is 12.4. The number of amides is 2. The van der Waals surface area contributed by atoms with Crippen molar-refractivity contribution >= 4 is 12.0 Å². The van der Waals surface area contributed by atoms with Crippen LogP contribution in [0.3, 0.4) is 0 Å². The molecule has 2 amide bonds. The van der Waals surface area contributed by atoms with Crippen molar-refractivity contribution in [2.75, 3.05) is 6.54 Å². The molecule has 0 unspecified atom stereocenters. The highest BCUT2D eigenvalue weighted by Crippen LogP contribution is 2.15. The molecule has 1 aliphatic heterocycles. The summed E-state index contributed by atoms with van der Waals surface area (Å²) < 4.78 is 5.19. The third kappa shape index (κ3) is 5.56. The van der Waals surface area contributed by atoms with E-state index in [1.807, 2.05) is 30.3 Å². The maximum Gasteiger partial charge on any atom is 0.408 e. The summed E-state index contributed by atoms with van der Waals surface area (Å²) in [6, 6.07) is 9.04. The molecule has 1 heterocycles. The second kappa shape index (κ2) is 7.46. The molecule has 0 bridgehead atoms. The van der Waals surface area contributed by atoms with Crippen molar-refractivity contribution in [1.82, 2.24) is 10.4 Å².